The number of rotatable bonds is 9. The quantitative estimate of drug-likeness (QED) is 0.521. The molecule has 0 spiro atoms. The van der Waals surface area contributed by atoms with Gasteiger partial charge in [0.05, 0.1) is 5.25 Å². The Morgan fingerprint density at radius 3 is 2.36 bits per heavy atom. The van der Waals surface area contributed by atoms with Crippen LogP contribution in [0.5, 0.6) is 0 Å². The highest BCUT2D eigenvalue weighted by Gasteiger charge is 2.14. The molecule has 0 radical (unpaired) electrons. The number of nitrogens with one attached hydrogen (secondary N) is 2. The van der Waals surface area contributed by atoms with Crippen molar-refractivity contribution >= 4 is 27.3 Å². The molecule has 2 rings (SSSR count). The Morgan fingerprint density at radius 1 is 1.12 bits per heavy atom. The molecule has 1 aromatic rings. The largest absolute Gasteiger partial charge is 0.364 e. The summed E-state index contributed by atoms with van der Waals surface area (Å²) >= 11 is 0. The summed E-state index contributed by atoms with van der Waals surface area (Å²) in [5.41, 5.74) is 1.92. The van der Waals surface area contributed by atoms with Crippen molar-refractivity contribution in [2.75, 3.05) is 29.9 Å². The molecule has 138 valence electrons. The lowest BCUT2D eigenvalue weighted by molar-refractivity contribution is -0.116. The minimum absolute atomic E-state index is 0.0534. The van der Waals surface area contributed by atoms with Gasteiger partial charge in [-0.1, -0.05) is 12.2 Å². The van der Waals surface area contributed by atoms with E-state index >= 15 is 0 Å². The van der Waals surface area contributed by atoms with E-state index in [2.05, 4.69) is 27.1 Å². The third-order valence-corrected chi connectivity index (χ3v) is 5.94. The Labute approximate surface area is 150 Å². The van der Waals surface area contributed by atoms with Crippen molar-refractivity contribution in [3.05, 3.63) is 36.4 Å². The Bertz CT molecular complexity index is 689. The molecular formula is C18H27N3O3S. The number of benzene rings is 1. The SMILES string of the molecule is CC(C)S(=O)(=O)NCCCCC(=O)Nc1ccc(N2CC=CC2)cc1. The van der Waals surface area contributed by atoms with Crippen LogP contribution < -0.4 is 14.9 Å². The molecule has 0 aromatic heterocycles. The van der Waals surface area contributed by atoms with E-state index in [1.165, 1.54) is 0 Å². The smallest absolute Gasteiger partial charge is 0.224 e. The molecule has 0 unspecified atom stereocenters. The minimum Gasteiger partial charge on any atom is -0.364 e. The monoisotopic (exact) mass is 365 g/mol. The molecule has 1 amide bonds. The molecule has 0 saturated carbocycles. The minimum atomic E-state index is -3.22. The summed E-state index contributed by atoms with van der Waals surface area (Å²) in [7, 11) is -3.22. The van der Waals surface area contributed by atoms with Gasteiger partial charge in [-0.15, -0.1) is 0 Å². The zero-order valence-electron chi connectivity index (χ0n) is 14.9. The van der Waals surface area contributed by atoms with Crippen molar-refractivity contribution in [2.24, 2.45) is 0 Å². The van der Waals surface area contributed by atoms with Crippen LogP contribution in [0.4, 0.5) is 11.4 Å². The second-order valence-corrected chi connectivity index (χ2v) is 8.74. The van der Waals surface area contributed by atoms with Gasteiger partial charge in [-0.25, -0.2) is 13.1 Å². The first kappa shape index (κ1) is 19.5. The van der Waals surface area contributed by atoms with Crippen LogP contribution in [-0.4, -0.2) is 39.2 Å². The lowest BCUT2D eigenvalue weighted by atomic mass is 10.2. The Kier molecular flexibility index (Phi) is 7.01. The maximum atomic E-state index is 12.0. The average Bonchev–Trinajstić information content (AvgIpc) is 3.09. The number of hydrogen-bond acceptors (Lipinski definition) is 4. The van der Waals surface area contributed by atoms with Crippen molar-refractivity contribution in [1.82, 2.24) is 4.72 Å². The number of carbonyl (C=O) groups excluding carboxylic acids is 1. The summed E-state index contributed by atoms with van der Waals surface area (Å²) in [5, 5.41) is 2.44. The van der Waals surface area contributed by atoms with Gasteiger partial charge in [0.1, 0.15) is 0 Å². The predicted molar refractivity (Wildman–Crippen MR) is 102 cm³/mol. The molecule has 1 aliphatic rings. The lowest BCUT2D eigenvalue weighted by Gasteiger charge is -2.17. The molecule has 7 heteroatoms. The number of sulfonamides is 1. The van der Waals surface area contributed by atoms with Gasteiger partial charge >= 0.3 is 0 Å². The van der Waals surface area contributed by atoms with E-state index in [-0.39, 0.29) is 5.91 Å². The molecule has 1 aromatic carbocycles. The lowest BCUT2D eigenvalue weighted by Crippen LogP contribution is -2.31. The first-order valence-corrected chi connectivity index (χ1v) is 10.2. The number of carbonyl (C=O) groups is 1. The van der Waals surface area contributed by atoms with Crippen LogP contribution in [0, 0.1) is 0 Å². The van der Waals surface area contributed by atoms with Crippen LogP contribution in [-0.2, 0) is 14.8 Å². The first-order chi connectivity index (χ1) is 11.9. The second kappa shape index (κ2) is 9.01. The van der Waals surface area contributed by atoms with Crippen LogP contribution in [0.3, 0.4) is 0 Å². The summed E-state index contributed by atoms with van der Waals surface area (Å²) < 4.78 is 25.7. The highest BCUT2D eigenvalue weighted by Crippen LogP contribution is 2.20. The highest BCUT2D eigenvalue weighted by atomic mass is 32.2. The zero-order valence-corrected chi connectivity index (χ0v) is 15.7. The van der Waals surface area contributed by atoms with Crippen molar-refractivity contribution in [2.45, 2.75) is 38.4 Å². The van der Waals surface area contributed by atoms with Crippen LogP contribution in [0.1, 0.15) is 33.1 Å². The van der Waals surface area contributed by atoms with Gasteiger partial charge in [-0.2, -0.15) is 0 Å². The fourth-order valence-electron chi connectivity index (χ4n) is 2.46. The van der Waals surface area contributed by atoms with Crippen LogP contribution >= 0.6 is 0 Å². The topological polar surface area (TPSA) is 78.5 Å². The van der Waals surface area contributed by atoms with Gasteiger partial charge in [0, 0.05) is 37.4 Å². The Morgan fingerprint density at radius 2 is 1.76 bits per heavy atom. The normalized spacial score (nSPS) is 14.3. The molecule has 0 saturated heterocycles. The fourth-order valence-corrected chi connectivity index (χ4v) is 3.22. The molecule has 1 aliphatic heterocycles. The van der Waals surface area contributed by atoms with Crippen molar-refractivity contribution in [3.63, 3.8) is 0 Å². The molecular weight excluding hydrogens is 338 g/mol. The third kappa shape index (κ3) is 6.17. The van der Waals surface area contributed by atoms with E-state index in [0.29, 0.717) is 25.8 Å². The van der Waals surface area contributed by atoms with E-state index in [0.717, 1.165) is 24.5 Å². The maximum Gasteiger partial charge on any atom is 0.224 e. The Hall–Kier alpha value is -1.86. The van der Waals surface area contributed by atoms with Gasteiger partial charge in [-0.3, -0.25) is 4.79 Å². The molecule has 0 bridgehead atoms. The number of anilines is 2. The zero-order chi connectivity index (χ0) is 18.3. The van der Waals surface area contributed by atoms with Gasteiger partial charge in [0.15, 0.2) is 0 Å². The number of nitrogens with zero attached hydrogens (tertiary/aromatic N) is 1. The average molecular weight is 365 g/mol. The highest BCUT2D eigenvalue weighted by molar-refractivity contribution is 7.90. The van der Waals surface area contributed by atoms with Gasteiger partial charge in [0.2, 0.25) is 15.9 Å². The van der Waals surface area contributed by atoms with Gasteiger partial charge < -0.3 is 10.2 Å². The number of hydrogen-bond donors (Lipinski definition) is 2. The van der Waals surface area contributed by atoms with Crippen LogP contribution in [0.15, 0.2) is 36.4 Å². The molecule has 25 heavy (non-hydrogen) atoms. The standard InChI is InChI=1S/C18H27N3O3S/c1-15(2)25(23,24)19-12-4-3-7-18(22)20-16-8-10-17(11-9-16)21-13-5-6-14-21/h5-6,8-11,15,19H,3-4,7,12-14H2,1-2H3,(H,20,22). The van der Waals surface area contributed by atoms with E-state index < -0.39 is 15.3 Å². The summed E-state index contributed by atoms with van der Waals surface area (Å²) in [6, 6.07) is 7.82. The molecule has 6 nitrogen and oxygen atoms in total. The van der Waals surface area contributed by atoms with E-state index in [1.54, 1.807) is 13.8 Å². The van der Waals surface area contributed by atoms with Crippen molar-refractivity contribution in [1.29, 1.82) is 0 Å². The summed E-state index contributed by atoms with van der Waals surface area (Å²) in [6.07, 6.45) is 5.93. The molecule has 0 fully saturated rings. The number of unbranched alkanes of at least 4 members (excludes halogenated alkanes) is 1. The van der Waals surface area contributed by atoms with E-state index in [9.17, 15) is 13.2 Å². The van der Waals surface area contributed by atoms with Gasteiger partial charge in [0.25, 0.3) is 0 Å². The van der Waals surface area contributed by atoms with Crippen LogP contribution in [0.25, 0.3) is 0 Å². The fraction of sp³-hybridized carbons (Fsp3) is 0.500. The van der Waals surface area contributed by atoms with E-state index in [4.69, 9.17) is 0 Å². The molecule has 2 N–H and O–H groups in total. The summed E-state index contributed by atoms with van der Waals surface area (Å²) in [5.74, 6) is -0.0534. The van der Waals surface area contributed by atoms with Gasteiger partial charge in [-0.05, 0) is 51.0 Å². The summed E-state index contributed by atoms with van der Waals surface area (Å²) in [6.45, 7) is 5.49. The molecule has 0 atom stereocenters. The molecule has 0 aliphatic carbocycles. The van der Waals surface area contributed by atoms with Crippen LogP contribution in [0.2, 0.25) is 0 Å². The third-order valence-electron chi connectivity index (χ3n) is 4.09. The summed E-state index contributed by atoms with van der Waals surface area (Å²) in [4.78, 5) is 14.2. The molecule has 1 heterocycles. The Balaban J connectivity index is 1.66. The first-order valence-electron chi connectivity index (χ1n) is 8.67. The predicted octanol–water partition coefficient (Wildman–Crippen LogP) is 2.50. The second-order valence-electron chi connectivity index (χ2n) is 6.42. The number of amides is 1. The van der Waals surface area contributed by atoms with Crippen molar-refractivity contribution in [3.8, 4) is 0 Å². The maximum absolute atomic E-state index is 12.0. The van der Waals surface area contributed by atoms with Crippen molar-refractivity contribution < 1.29 is 13.2 Å². The van der Waals surface area contributed by atoms with E-state index in [1.807, 2.05) is 24.3 Å².